The summed E-state index contributed by atoms with van der Waals surface area (Å²) < 4.78 is 0. The van der Waals surface area contributed by atoms with Gasteiger partial charge in [0.1, 0.15) is 0 Å². The highest BCUT2D eigenvalue weighted by Crippen LogP contribution is 2.29. The lowest BCUT2D eigenvalue weighted by Gasteiger charge is -2.20. The highest BCUT2D eigenvalue weighted by Gasteiger charge is 2.16. The Labute approximate surface area is 171 Å². The number of hydrogen-bond donors (Lipinski definition) is 0. The van der Waals surface area contributed by atoms with E-state index in [9.17, 15) is 0 Å². The molecule has 0 spiro atoms. The molecule has 4 nitrogen and oxygen atoms in total. The SMILES string of the molecule is CCc1nc(C(C)CCC(C)c2cnc(C(C)C)c(CN(C)C)c2)cnc1C. The first-order valence-corrected chi connectivity index (χ1v) is 10.7. The van der Waals surface area contributed by atoms with E-state index in [2.05, 4.69) is 70.9 Å². The van der Waals surface area contributed by atoms with Crippen LogP contribution in [0.4, 0.5) is 0 Å². The topological polar surface area (TPSA) is 41.9 Å². The maximum absolute atomic E-state index is 4.84. The lowest BCUT2D eigenvalue weighted by Crippen LogP contribution is -2.14. The maximum Gasteiger partial charge on any atom is 0.0618 e. The Balaban J connectivity index is 2.08. The van der Waals surface area contributed by atoms with Crippen molar-refractivity contribution in [2.24, 2.45) is 0 Å². The van der Waals surface area contributed by atoms with Gasteiger partial charge in [-0.15, -0.1) is 0 Å². The van der Waals surface area contributed by atoms with E-state index in [4.69, 9.17) is 9.97 Å². The van der Waals surface area contributed by atoms with E-state index in [-0.39, 0.29) is 0 Å². The van der Waals surface area contributed by atoms with E-state index in [0.29, 0.717) is 17.8 Å². The quantitative estimate of drug-likeness (QED) is 0.565. The van der Waals surface area contributed by atoms with E-state index in [0.717, 1.165) is 42.9 Å². The number of rotatable bonds is 9. The molecule has 0 aliphatic carbocycles. The third kappa shape index (κ3) is 5.84. The van der Waals surface area contributed by atoms with E-state index >= 15 is 0 Å². The van der Waals surface area contributed by atoms with Gasteiger partial charge >= 0.3 is 0 Å². The molecule has 0 radical (unpaired) electrons. The minimum absolute atomic E-state index is 0.421. The number of hydrogen-bond acceptors (Lipinski definition) is 4. The van der Waals surface area contributed by atoms with Gasteiger partial charge < -0.3 is 4.90 Å². The molecule has 4 heteroatoms. The van der Waals surface area contributed by atoms with Crippen molar-refractivity contribution in [2.75, 3.05) is 14.1 Å². The third-order valence-electron chi connectivity index (χ3n) is 5.57. The molecule has 154 valence electrons. The Kier molecular flexibility index (Phi) is 8.11. The van der Waals surface area contributed by atoms with Gasteiger partial charge in [0.05, 0.1) is 17.1 Å². The molecule has 28 heavy (non-hydrogen) atoms. The van der Waals surface area contributed by atoms with Gasteiger partial charge in [-0.3, -0.25) is 15.0 Å². The molecule has 0 fully saturated rings. The average molecular weight is 383 g/mol. The van der Waals surface area contributed by atoms with Crippen molar-refractivity contribution in [3.8, 4) is 0 Å². The molecule has 2 atom stereocenters. The summed E-state index contributed by atoms with van der Waals surface area (Å²) in [6, 6.07) is 2.37. The van der Waals surface area contributed by atoms with E-state index in [1.54, 1.807) is 0 Å². The molecule has 2 heterocycles. The molecule has 0 aromatic carbocycles. The van der Waals surface area contributed by atoms with Gasteiger partial charge in [0, 0.05) is 24.6 Å². The van der Waals surface area contributed by atoms with Crippen molar-refractivity contribution < 1.29 is 0 Å². The molecule has 0 N–H and O–H groups in total. The van der Waals surface area contributed by atoms with Crippen LogP contribution >= 0.6 is 0 Å². The maximum atomic E-state index is 4.84. The second-order valence-corrected chi connectivity index (χ2v) is 8.77. The minimum atomic E-state index is 0.421. The molecule has 0 saturated carbocycles. The molecule has 0 amide bonds. The normalized spacial score (nSPS) is 13.9. The first-order valence-electron chi connectivity index (χ1n) is 10.7. The van der Waals surface area contributed by atoms with Crippen molar-refractivity contribution >= 4 is 0 Å². The van der Waals surface area contributed by atoms with E-state index < -0.39 is 0 Å². The van der Waals surface area contributed by atoms with Gasteiger partial charge in [-0.25, -0.2) is 0 Å². The molecule has 2 aromatic rings. The molecule has 0 saturated heterocycles. The highest BCUT2D eigenvalue weighted by atomic mass is 15.0. The lowest BCUT2D eigenvalue weighted by atomic mass is 9.90. The third-order valence-corrected chi connectivity index (χ3v) is 5.57. The highest BCUT2D eigenvalue weighted by molar-refractivity contribution is 5.29. The van der Waals surface area contributed by atoms with Gasteiger partial charge in [-0.2, -0.15) is 0 Å². The van der Waals surface area contributed by atoms with Crippen LogP contribution in [0.2, 0.25) is 0 Å². The summed E-state index contributed by atoms with van der Waals surface area (Å²) in [5.74, 6) is 1.36. The zero-order valence-electron chi connectivity index (χ0n) is 19.1. The zero-order chi connectivity index (χ0) is 20.8. The monoisotopic (exact) mass is 382 g/mol. The van der Waals surface area contributed by atoms with Gasteiger partial charge in [-0.1, -0.05) is 40.7 Å². The molecule has 2 aromatic heterocycles. The average Bonchev–Trinajstić information content (AvgIpc) is 2.65. The number of pyridine rings is 1. The van der Waals surface area contributed by atoms with Crippen LogP contribution in [0.1, 0.15) is 99.1 Å². The Morgan fingerprint density at radius 3 is 2.25 bits per heavy atom. The Morgan fingerprint density at radius 2 is 1.64 bits per heavy atom. The van der Waals surface area contributed by atoms with Crippen LogP contribution in [0, 0.1) is 6.92 Å². The Hall–Kier alpha value is -1.81. The van der Waals surface area contributed by atoms with Crippen molar-refractivity contribution in [1.82, 2.24) is 19.9 Å². The molecular formula is C24H38N4. The summed E-state index contributed by atoms with van der Waals surface area (Å²) in [6.45, 7) is 14.2. The van der Waals surface area contributed by atoms with Crippen LogP contribution in [0.25, 0.3) is 0 Å². The van der Waals surface area contributed by atoms with Gasteiger partial charge in [0.25, 0.3) is 0 Å². The van der Waals surface area contributed by atoms with Gasteiger partial charge in [0.15, 0.2) is 0 Å². The Morgan fingerprint density at radius 1 is 0.964 bits per heavy atom. The van der Waals surface area contributed by atoms with E-state index in [1.165, 1.54) is 16.8 Å². The molecule has 2 rings (SSSR count). The first-order chi connectivity index (χ1) is 13.2. The van der Waals surface area contributed by atoms with Gasteiger partial charge in [-0.05, 0) is 69.2 Å². The summed E-state index contributed by atoms with van der Waals surface area (Å²) in [6.07, 6.45) is 7.22. The first kappa shape index (κ1) is 22.5. The van der Waals surface area contributed by atoms with Crippen molar-refractivity contribution in [3.05, 3.63) is 52.4 Å². The predicted octanol–water partition coefficient (Wildman–Crippen LogP) is 5.61. The summed E-state index contributed by atoms with van der Waals surface area (Å²) in [4.78, 5) is 16.4. The van der Waals surface area contributed by atoms with Crippen LogP contribution in [-0.2, 0) is 13.0 Å². The standard InChI is InChI=1S/C24H38N4/c1-9-22-19(6)25-14-23(27-22)18(5)11-10-17(4)20-12-21(15-28(7)8)24(16(2)3)26-13-20/h12-14,16-18H,9-11,15H2,1-8H3. The summed E-state index contributed by atoms with van der Waals surface area (Å²) in [7, 11) is 4.24. The number of nitrogens with zero attached hydrogens (tertiary/aromatic N) is 4. The minimum Gasteiger partial charge on any atom is -0.305 e. The summed E-state index contributed by atoms with van der Waals surface area (Å²) in [5, 5.41) is 0. The number of aryl methyl sites for hydroxylation is 2. The second-order valence-electron chi connectivity index (χ2n) is 8.77. The molecule has 2 unspecified atom stereocenters. The van der Waals surface area contributed by atoms with Gasteiger partial charge in [0.2, 0.25) is 0 Å². The van der Waals surface area contributed by atoms with Crippen LogP contribution < -0.4 is 0 Å². The van der Waals surface area contributed by atoms with Crippen LogP contribution in [0.5, 0.6) is 0 Å². The van der Waals surface area contributed by atoms with Crippen molar-refractivity contribution in [2.45, 2.75) is 85.1 Å². The Bertz CT molecular complexity index is 767. The fraction of sp³-hybridized carbons (Fsp3) is 0.625. The van der Waals surface area contributed by atoms with Crippen LogP contribution in [0.15, 0.2) is 18.5 Å². The smallest absolute Gasteiger partial charge is 0.0618 e. The fourth-order valence-electron chi connectivity index (χ4n) is 3.69. The van der Waals surface area contributed by atoms with Crippen LogP contribution in [-0.4, -0.2) is 33.9 Å². The fourth-order valence-corrected chi connectivity index (χ4v) is 3.69. The second kappa shape index (κ2) is 10.1. The molecular weight excluding hydrogens is 344 g/mol. The molecule has 0 bridgehead atoms. The lowest BCUT2D eigenvalue weighted by molar-refractivity contribution is 0.398. The largest absolute Gasteiger partial charge is 0.305 e. The van der Waals surface area contributed by atoms with Crippen LogP contribution in [0.3, 0.4) is 0 Å². The van der Waals surface area contributed by atoms with Crippen molar-refractivity contribution in [3.63, 3.8) is 0 Å². The summed E-state index contributed by atoms with van der Waals surface area (Å²) >= 11 is 0. The predicted molar refractivity (Wildman–Crippen MR) is 118 cm³/mol. The molecule has 0 aliphatic rings. The number of aromatic nitrogens is 3. The van der Waals surface area contributed by atoms with Crippen molar-refractivity contribution in [1.29, 1.82) is 0 Å². The molecule has 0 aliphatic heterocycles. The zero-order valence-corrected chi connectivity index (χ0v) is 19.1. The van der Waals surface area contributed by atoms with E-state index in [1.807, 2.05) is 13.1 Å². The summed E-state index contributed by atoms with van der Waals surface area (Å²) in [5.41, 5.74) is 7.22.